The van der Waals surface area contributed by atoms with Gasteiger partial charge in [0, 0.05) is 19.2 Å². The molecular formula is C15H26N4O5S. The zero-order valence-corrected chi connectivity index (χ0v) is 15.3. The fraction of sp³-hybridized carbons (Fsp3) is 0.867. The Morgan fingerprint density at radius 2 is 1.92 bits per heavy atom. The average Bonchev–Trinajstić information content (AvgIpc) is 3.22. The SMILES string of the molecule is CS(=O)(=O)N1CCN(C(=O)NCC2CCN(C3CCOC3)CC2)C1=O. The van der Waals surface area contributed by atoms with Gasteiger partial charge in [-0.1, -0.05) is 0 Å². The van der Waals surface area contributed by atoms with E-state index >= 15 is 0 Å². The van der Waals surface area contributed by atoms with Gasteiger partial charge < -0.3 is 10.1 Å². The van der Waals surface area contributed by atoms with E-state index < -0.39 is 22.1 Å². The molecule has 3 fully saturated rings. The number of hydrogen-bond donors (Lipinski definition) is 1. The normalized spacial score (nSPS) is 26.4. The molecule has 0 bridgehead atoms. The molecule has 4 amide bonds. The molecule has 3 aliphatic rings. The van der Waals surface area contributed by atoms with E-state index in [2.05, 4.69) is 10.2 Å². The van der Waals surface area contributed by atoms with Gasteiger partial charge in [0.05, 0.1) is 26.0 Å². The van der Waals surface area contributed by atoms with Gasteiger partial charge >= 0.3 is 12.1 Å². The molecule has 1 unspecified atom stereocenters. The third-order valence-electron chi connectivity index (χ3n) is 5.23. The molecule has 0 aromatic rings. The molecule has 25 heavy (non-hydrogen) atoms. The summed E-state index contributed by atoms with van der Waals surface area (Å²) in [6.07, 6.45) is 4.06. The van der Waals surface area contributed by atoms with Crippen molar-refractivity contribution in [3.8, 4) is 0 Å². The summed E-state index contributed by atoms with van der Waals surface area (Å²) in [6, 6.07) is -0.751. The standard InChI is InChI=1S/C15H26N4O5S/c1-25(22,23)19-8-7-18(15(19)21)14(20)16-10-12-2-5-17(6-3-12)13-4-9-24-11-13/h12-13H,2-11H2,1H3,(H,16,20). The van der Waals surface area contributed by atoms with Crippen LogP contribution in [0, 0.1) is 5.92 Å². The number of rotatable bonds is 4. The Morgan fingerprint density at radius 3 is 2.48 bits per heavy atom. The van der Waals surface area contributed by atoms with Crippen LogP contribution in [0.15, 0.2) is 0 Å². The van der Waals surface area contributed by atoms with Gasteiger partial charge in [0.2, 0.25) is 10.0 Å². The van der Waals surface area contributed by atoms with Crippen molar-refractivity contribution in [2.75, 3.05) is 52.2 Å². The van der Waals surface area contributed by atoms with E-state index in [1.165, 1.54) is 0 Å². The highest BCUT2D eigenvalue weighted by Crippen LogP contribution is 2.22. The number of sulfonamides is 1. The second kappa shape index (κ2) is 7.46. The van der Waals surface area contributed by atoms with E-state index in [1.54, 1.807) is 0 Å². The van der Waals surface area contributed by atoms with Crippen molar-refractivity contribution in [3.63, 3.8) is 0 Å². The lowest BCUT2D eigenvalue weighted by Crippen LogP contribution is -2.47. The molecule has 3 rings (SSSR count). The molecule has 142 valence electrons. The Kier molecular flexibility index (Phi) is 5.49. The van der Waals surface area contributed by atoms with Crippen LogP contribution in [0.25, 0.3) is 0 Å². The highest BCUT2D eigenvalue weighted by molar-refractivity contribution is 7.88. The summed E-state index contributed by atoms with van der Waals surface area (Å²) in [5, 5.41) is 2.78. The number of piperidine rings is 1. The first-order valence-electron chi connectivity index (χ1n) is 8.75. The molecule has 0 aromatic carbocycles. The van der Waals surface area contributed by atoms with Gasteiger partial charge in [0.25, 0.3) is 0 Å². The first kappa shape index (κ1) is 18.4. The Bertz CT molecular complexity index is 611. The number of urea groups is 2. The minimum absolute atomic E-state index is 0.0208. The molecule has 10 heteroatoms. The second-order valence-electron chi connectivity index (χ2n) is 6.95. The topological polar surface area (TPSA) is 99.3 Å². The van der Waals surface area contributed by atoms with Crippen molar-refractivity contribution in [1.29, 1.82) is 0 Å². The minimum atomic E-state index is -3.62. The van der Waals surface area contributed by atoms with Crippen LogP contribution in [0.2, 0.25) is 0 Å². The second-order valence-corrected chi connectivity index (χ2v) is 8.86. The molecule has 0 aromatic heterocycles. The minimum Gasteiger partial charge on any atom is -0.380 e. The number of nitrogens with one attached hydrogen (secondary N) is 1. The predicted octanol–water partition coefficient (Wildman–Crippen LogP) is -0.106. The maximum Gasteiger partial charge on any atom is 0.341 e. The number of hydrogen-bond acceptors (Lipinski definition) is 6. The van der Waals surface area contributed by atoms with Crippen LogP contribution in [-0.2, 0) is 14.8 Å². The van der Waals surface area contributed by atoms with Crippen LogP contribution in [0.1, 0.15) is 19.3 Å². The number of carbonyl (C=O) groups is 2. The number of carbonyl (C=O) groups excluding carboxylic acids is 2. The van der Waals surface area contributed by atoms with Gasteiger partial charge in [-0.3, -0.25) is 4.90 Å². The number of nitrogens with zero attached hydrogens (tertiary/aromatic N) is 3. The van der Waals surface area contributed by atoms with Crippen molar-refractivity contribution in [3.05, 3.63) is 0 Å². The third kappa shape index (κ3) is 4.24. The molecule has 3 heterocycles. The first-order chi connectivity index (χ1) is 11.9. The smallest absolute Gasteiger partial charge is 0.341 e. The third-order valence-corrected chi connectivity index (χ3v) is 6.37. The van der Waals surface area contributed by atoms with Gasteiger partial charge in [0.1, 0.15) is 0 Å². The number of likely N-dealkylation sites (tertiary alicyclic amines) is 1. The number of amides is 4. The summed E-state index contributed by atoms with van der Waals surface area (Å²) in [7, 11) is -3.62. The Balaban J connectivity index is 1.42. The van der Waals surface area contributed by atoms with Crippen LogP contribution in [0.4, 0.5) is 9.59 Å². The van der Waals surface area contributed by atoms with Gasteiger partial charge in [-0.05, 0) is 38.3 Å². The summed E-state index contributed by atoms with van der Waals surface area (Å²) in [4.78, 5) is 27.6. The van der Waals surface area contributed by atoms with Crippen LogP contribution < -0.4 is 5.32 Å². The van der Waals surface area contributed by atoms with E-state index in [-0.39, 0.29) is 13.1 Å². The van der Waals surface area contributed by atoms with E-state index in [4.69, 9.17) is 4.74 Å². The van der Waals surface area contributed by atoms with Crippen molar-refractivity contribution in [2.24, 2.45) is 5.92 Å². The summed E-state index contributed by atoms with van der Waals surface area (Å²) in [6.45, 7) is 4.28. The van der Waals surface area contributed by atoms with Gasteiger partial charge in [-0.15, -0.1) is 0 Å². The van der Waals surface area contributed by atoms with Crippen molar-refractivity contribution in [1.82, 2.24) is 19.4 Å². The number of imide groups is 1. The zero-order chi connectivity index (χ0) is 18.0. The maximum absolute atomic E-state index is 12.2. The number of ether oxygens (including phenoxy) is 1. The van der Waals surface area contributed by atoms with Crippen molar-refractivity contribution >= 4 is 22.1 Å². The van der Waals surface area contributed by atoms with E-state index in [0.717, 1.165) is 61.0 Å². The molecule has 0 saturated carbocycles. The van der Waals surface area contributed by atoms with Crippen LogP contribution in [-0.4, -0.2) is 92.8 Å². The summed E-state index contributed by atoms with van der Waals surface area (Å²) in [5.41, 5.74) is 0. The molecule has 0 radical (unpaired) electrons. The molecule has 9 nitrogen and oxygen atoms in total. The molecule has 0 aliphatic carbocycles. The summed E-state index contributed by atoms with van der Waals surface area (Å²) in [5.74, 6) is 0.381. The lowest BCUT2D eigenvalue weighted by molar-refractivity contribution is 0.109. The van der Waals surface area contributed by atoms with Gasteiger partial charge in [-0.2, -0.15) is 0 Å². The van der Waals surface area contributed by atoms with Crippen LogP contribution in [0.3, 0.4) is 0 Å². The fourth-order valence-corrected chi connectivity index (χ4v) is 4.47. The van der Waals surface area contributed by atoms with Crippen molar-refractivity contribution in [2.45, 2.75) is 25.3 Å². The molecular weight excluding hydrogens is 348 g/mol. The van der Waals surface area contributed by atoms with E-state index in [1.807, 2.05) is 0 Å². The van der Waals surface area contributed by atoms with Crippen molar-refractivity contribution < 1.29 is 22.7 Å². The fourth-order valence-electron chi connectivity index (χ4n) is 3.67. The lowest BCUT2D eigenvalue weighted by atomic mass is 9.95. The lowest BCUT2D eigenvalue weighted by Gasteiger charge is -2.35. The Hall–Kier alpha value is -1.39. The Morgan fingerprint density at radius 1 is 1.20 bits per heavy atom. The monoisotopic (exact) mass is 374 g/mol. The molecule has 3 saturated heterocycles. The predicted molar refractivity (Wildman–Crippen MR) is 90.6 cm³/mol. The van der Waals surface area contributed by atoms with Crippen LogP contribution >= 0.6 is 0 Å². The van der Waals surface area contributed by atoms with Gasteiger partial charge in [0.15, 0.2) is 0 Å². The van der Waals surface area contributed by atoms with E-state index in [9.17, 15) is 18.0 Å². The molecule has 3 aliphatic heterocycles. The zero-order valence-electron chi connectivity index (χ0n) is 14.5. The quantitative estimate of drug-likeness (QED) is 0.737. The first-order valence-corrected chi connectivity index (χ1v) is 10.6. The molecule has 0 spiro atoms. The average molecular weight is 374 g/mol. The Labute approximate surface area is 148 Å². The maximum atomic E-state index is 12.2. The van der Waals surface area contributed by atoms with Crippen LogP contribution in [0.5, 0.6) is 0 Å². The summed E-state index contributed by atoms with van der Waals surface area (Å²) < 4.78 is 29.1. The van der Waals surface area contributed by atoms with E-state index in [0.29, 0.717) is 18.5 Å². The summed E-state index contributed by atoms with van der Waals surface area (Å²) >= 11 is 0. The van der Waals surface area contributed by atoms with Gasteiger partial charge in [-0.25, -0.2) is 27.2 Å². The highest BCUT2D eigenvalue weighted by atomic mass is 32.2. The molecule has 1 atom stereocenters. The largest absolute Gasteiger partial charge is 0.380 e. The molecule has 1 N–H and O–H groups in total. The highest BCUT2D eigenvalue weighted by Gasteiger charge is 2.38.